The second-order valence-electron chi connectivity index (χ2n) is 6.23. The van der Waals surface area contributed by atoms with Crippen molar-refractivity contribution in [1.29, 1.82) is 0 Å². The Hall–Kier alpha value is -3.19. The number of nitrogens with zero attached hydrogens (tertiary/aromatic N) is 2. The maximum atomic E-state index is 13.2. The molecule has 0 N–H and O–H groups in total. The first-order valence-corrected chi connectivity index (χ1v) is 9.68. The van der Waals surface area contributed by atoms with Crippen LogP contribution < -0.4 is 5.56 Å². The molecule has 0 bridgehead atoms. The van der Waals surface area contributed by atoms with Crippen LogP contribution in [-0.2, 0) is 17.7 Å². The number of methoxy groups -OCH3 is 1. The fraction of sp³-hybridized carbons (Fsp3) is 0.190. The van der Waals surface area contributed by atoms with Crippen LogP contribution in [0.3, 0.4) is 0 Å². The monoisotopic (exact) mass is 394 g/mol. The number of thiophene rings is 1. The number of hydrogen-bond acceptors (Lipinski definition) is 6. The molecule has 1 aromatic carbocycles. The highest BCUT2D eigenvalue weighted by molar-refractivity contribution is 7.21. The second-order valence-corrected chi connectivity index (χ2v) is 7.26. The van der Waals surface area contributed by atoms with E-state index in [0.717, 1.165) is 15.3 Å². The SMILES string of the molecule is CCc1nc2sc(-c3ccccc3)cc2c(=O)n1Cc1ccc(C(=O)OC)o1. The Morgan fingerprint density at radius 3 is 2.71 bits per heavy atom. The summed E-state index contributed by atoms with van der Waals surface area (Å²) >= 11 is 1.51. The standard InChI is InChI=1S/C21H18N2O4S/c1-3-18-22-19-15(11-17(28-19)13-7-5-4-6-8-13)20(24)23(18)12-14-9-10-16(27-14)21(25)26-2/h4-11H,3,12H2,1-2H3. The minimum absolute atomic E-state index is 0.111. The van der Waals surface area contributed by atoms with Crippen molar-refractivity contribution >= 4 is 27.5 Å². The molecule has 0 aliphatic carbocycles. The molecular formula is C21H18N2O4S. The van der Waals surface area contributed by atoms with E-state index in [2.05, 4.69) is 4.74 Å². The second kappa shape index (κ2) is 7.44. The number of furan rings is 1. The Labute approximate surface area is 165 Å². The molecule has 4 aromatic rings. The summed E-state index contributed by atoms with van der Waals surface area (Å²) in [5.74, 6) is 0.736. The predicted molar refractivity (Wildman–Crippen MR) is 108 cm³/mol. The maximum Gasteiger partial charge on any atom is 0.373 e. The van der Waals surface area contributed by atoms with E-state index in [1.807, 2.05) is 43.3 Å². The van der Waals surface area contributed by atoms with E-state index in [0.29, 0.717) is 23.4 Å². The van der Waals surface area contributed by atoms with Gasteiger partial charge in [0.05, 0.1) is 19.0 Å². The molecule has 3 heterocycles. The molecule has 28 heavy (non-hydrogen) atoms. The first-order valence-electron chi connectivity index (χ1n) is 8.86. The number of aryl methyl sites for hydroxylation is 1. The molecule has 0 unspecified atom stereocenters. The number of fused-ring (bicyclic) bond motifs is 1. The Morgan fingerprint density at radius 1 is 1.21 bits per heavy atom. The van der Waals surface area contributed by atoms with Gasteiger partial charge in [0.1, 0.15) is 16.4 Å². The van der Waals surface area contributed by atoms with Crippen molar-refractivity contribution in [3.05, 3.63) is 76.2 Å². The van der Waals surface area contributed by atoms with Crippen molar-refractivity contribution in [2.24, 2.45) is 0 Å². The molecule has 0 atom stereocenters. The topological polar surface area (TPSA) is 74.3 Å². The molecule has 0 amide bonds. The van der Waals surface area contributed by atoms with Crippen molar-refractivity contribution in [2.75, 3.05) is 7.11 Å². The Bertz CT molecular complexity index is 1200. The van der Waals surface area contributed by atoms with Gasteiger partial charge >= 0.3 is 5.97 Å². The predicted octanol–water partition coefficient (Wildman–Crippen LogP) is 4.12. The lowest BCUT2D eigenvalue weighted by Crippen LogP contribution is -2.25. The van der Waals surface area contributed by atoms with Crippen molar-refractivity contribution in [2.45, 2.75) is 19.9 Å². The summed E-state index contributed by atoms with van der Waals surface area (Å²) < 4.78 is 11.8. The molecule has 0 saturated heterocycles. The van der Waals surface area contributed by atoms with Gasteiger partial charge in [0, 0.05) is 11.3 Å². The third-order valence-corrected chi connectivity index (χ3v) is 5.54. The molecule has 0 saturated carbocycles. The summed E-state index contributed by atoms with van der Waals surface area (Å²) in [6, 6.07) is 15.0. The Kier molecular flexibility index (Phi) is 4.83. The van der Waals surface area contributed by atoms with E-state index in [1.54, 1.807) is 16.7 Å². The first kappa shape index (κ1) is 18.2. The average molecular weight is 394 g/mol. The van der Waals surface area contributed by atoms with Gasteiger partial charge in [0.2, 0.25) is 5.76 Å². The number of carbonyl (C=O) groups is 1. The van der Waals surface area contributed by atoms with Crippen molar-refractivity contribution < 1.29 is 13.9 Å². The molecule has 0 aliphatic rings. The summed E-state index contributed by atoms with van der Waals surface area (Å²) in [7, 11) is 1.29. The van der Waals surface area contributed by atoms with E-state index < -0.39 is 5.97 Å². The van der Waals surface area contributed by atoms with E-state index in [9.17, 15) is 9.59 Å². The van der Waals surface area contributed by atoms with Crippen LogP contribution in [-0.4, -0.2) is 22.6 Å². The number of carbonyl (C=O) groups excluding carboxylic acids is 1. The quantitative estimate of drug-likeness (QED) is 0.476. The number of benzene rings is 1. The summed E-state index contributed by atoms with van der Waals surface area (Å²) in [6.45, 7) is 2.16. The highest BCUT2D eigenvalue weighted by Crippen LogP contribution is 2.31. The van der Waals surface area contributed by atoms with Gasteiger partial charge in [0.25, 0.3) is 5.56 Å². The fourth-order valence-corrected chi connectivity index (χ4v) is 4.11. The van der Waals surface area contributed by atoms with Crippen LogP contribution in [0.2, 0.25) is 0 Å². The van der Waals surface area contributed by atoms with Gasteiger partial charge in [-0.05, 0) is 23.8 Å². The lowest BCUT2D eigenvalue weighted by molar-refractivity contribution is 0.0563. The normalized spacial score (nSPS) is 11.1. The fourth-order valence-electron chi connectivity index (χ4n) is 3.06. The molecule has 0 fully saturated rings. The van der Waals surface area contributed by atoms with Gasteiger partial charge in [-0.15, -0.1) is 11.3 Å². The zero-order valence-electron chi connectivity index (χ0n) is 15.5. The van der Waals surface area contributed by atoms with E-state index >= 15 is 0 Å². The van der Waals surface area contributed by atoms with E-state index in [-0.39, 0.29) is 17.9 Å². The molecule has 0 radical (unpaired) electrons. The molecular weight excluding hydrogens is 376 g/mol. The van der Waals surface area contributed by atoms with Gasteiger partial charge in [-0.25, -0.2) is 9.78 Å². The van der Waals surface area contributed by atoms with E-state index in [1.165, 1.54) is 18.4 Å². The van der Waals surface area contributed by atoms with Gasteiger partial charge in [-0.1, -0.05) is 37.3 Å². The van der Waals surface area contributed by atoms with Crippen LogP contribution >= 0.6 is 11.3 Å². The van der Waals surface area contributed by atoms with Crippen LogP contribution in [0.5, 0.6) is 0 Å². The van der Waals surface area contributed by atoms with Gasteiger partial charge in [-0.3, -0.25) is 9.36 Å². The molecule has 0 spiro atoms. The minimum Gasteiger partial charge on any atom is -0.463 e. The van der Waals surface area contributed by atoms with E-state index in [4.69, 9.17) is 9.40 Å². The number of ether oxygens (including phenoxy) is 1. The summed E-state index contributed by atoms with van der Waals surface area (Å²) in [6.07, 6.45) is 0.605. The number of esters is 1. The minimum atomic E-state index is -0.548. The lowest BCUT2D eigenvalue weighted by atomic mass is 10.2. The summed E-state index contributed by atoms with van der Waals surface area (Å²) in [5, 5.41) is 0.584. The third kappa shape index (κ3) is 3.25. The summed E-state index contributed by atoms with van der Waals surface area (Å²) in [5.41, 5.74) is 0.944. The van der Waals surface area contributed by atoms with Gasteiger partial charge in [0.15, 0.2) is 0 Å². The number of rotatable bonds is 5. The Morgan fingerprint density at radius 2 is 2.00 bits per heavy atom. The van der Waals surface area contributed by atoms with Crippen LogP contribution in [0.1, 0.15) is 29.1 Å². The maximum absolute atomic E-state index is 13.2. The molecule has 6 nitrogen and oxygen atoms in total. The lowest BCUT2D eigenvalue weighted by Gasteiger charge is -2.09. The zero-order valence-corrected chi connectivity index (χ0v) is 16.3. The molecule has 3 aromatic heterocycles. The summed E-state index contributed by atoms with van der Waals surface area (Å²) in [4.78, 5) is 31.2. The highest BCUT2D eigenvalue weighted by atomic mass is 32.1. The zero-order chi connectivity index (χ0) is 19.7. The largest absolute Gasteiger partial charge is 0.463 e. The molecule has 0 aliphatic heterocycles. The smallest absolute Gasteiger partial charge is 0.373 e. The average Bonchev–Trinajstić information content (AvgIpc) is 3.37. The third-order valence-electron chi connectivity index (χ3n) is 4.47. The van der Waals surface area contributed by atoms with Crippen molar-refractivity contribution in [3.63, 3.8) is 0 Å². The Balaban J connectivity index is 1.77. The van der Waals surface area contributed by atoms with Crippen LogP contribution in [0.4, 0.5) is 0 Å². The first-order chi connectivity index (χ1) is 13.6. The molecule has 7 heteroatoms. The highest BCUT2D eigenvalue weighted by Gasteiger charge is 2.17. The molecule has 4 rings (SSSR count). The van der Waals surface area contributed by atoms with Crippen LogP contribution in [0, 0.1) is 0 Å². The number of hydrogen-bond donors (Lipinski definition) is 0. The van der Waals surface area contributed by atoms with Crippen molar-refractivity contribution in [3.8, 4) is 10.4 Å². The number of aromatic nitrogens is 2. The van der Waals surface area contributed by atoms with Crippen LogP contribution in [0.15, 0.2) is 57.7 Å². The van der Waals surface area contributed by atoms with Gasteiger partial charge in [-0.2, -0.15) is 0 Å². The van der Waals surface area contributed by atoms with Crippen LogP contribution in [0.25, 0.3) is 20.7 Å². The van der Waals surface area contributed by atoms with Crippen molar-refractivity contribution in [1.82, 2.24) is 9.55 Å². The van der Waals surface area contributed by atoms with Gasteiger partial charge < -0.3 is 9.15 Å². The molecule has 142 valence electrons.